The molecule has 7 N–H and O–H groups in total. The average Bonchev–Trinajstić information content (AvgIpc) is 3.02. The first-order valence-corrected chi connectivity index (χ1v) is 17.6. The summed E-state index contributed by atoms with van der Waals surface area (Å²) in [4.78, 5) is 27.8. The molecule has 6 rings (SSSR count). The van der Waals surface area contributed by atoms with Crippen molar-refractivity contribution in [2.45, 2.75) is 135 Å². The molecule has 266 valence electrons. The van der Waals surface area contributed by atoms with E-state index in [9.17, 15) is 45.3 Å². The molecule has 6 aliphatic rings. The van der Waals surface area contributed by atoms with Gasteiger partial charge in [0.2, 0.25) is 6.29 Å². The van der Waals surface area contributed by atoms with Crippen LogP contribution in [0.3, 0.4) is 0 Å². The molecule has 0 unspecified atom stereocenters. The van der Waals surface area contributed by atoms with E-state index in [-0.39, 0.29) is 42.0 Å². The zero-order valence-electron chi connectivity index (χ0n) is 28.7. The molecule has 11 nitrogen and oxygen atoms in total. The Hall–Kier alpha value is -1.44. The lowest BCUT2D eigenvalue weighted by molar-refractivity contribution is -0.299. The summed E-state index contributed by atoms with van der Waals surface area (Å²) in [5.41, 5.74) is -3.59. The van der Waals surface area contributed by atoms with Gasteiger partial charge in [0.25, 0.3) is 0 Å². The second kappa shape index (κ2) is 11.3. The smallest absolute Gasteiger partial charge is 0.315 e. The molecular weight excluding hydrogens is 608 g/mol. The molecule has 0 bridgehead atoms. The predicted octanol–water partition coefficient (Wildman–Crippen LogP) is 1.61. The number of aliphatic hydroxyl groups is 7. The number of ether oxygens (including phenoxy) is 2. The van der Waals surface area contributed by atoms with Gasteiger partial charge in [-0.2, -0.15) is 0 Å². The molecule has 0 spiro atoms. The van der Waals surface area contributed by atoms with Crippen LogP contribution in [0, 0.1) is 50.7 Å². The van der Waals surface area contributed by atoms with E-state index in [2.05, 4.69) is 26.8 Å². The summed E-state index contributed by atoms with van der Waals surface area (Å²) in [6, 6.07) is 0. The van der Waals surface area contributed by atoms with Crippen molar-refractivity contribution in [3.63, 3.8) is 0 Å². The van der Waals surface area contributed by atoms with Gasteiger partial charge in [0.05, 0.1) is 24.2 Å². The Morgan fingerprint density at radius 1 is 0.936 bits per heavy atom. The van der Waals surface area contributed by atoms with Crippen molar-refractivity contribution in [1.29, 1.82) is 0 Å². The Balaban J connectivity index is 1.40. The fourth-order valence-corrected chi connectivity index (χ4v) is 12.2. The van der Waals surface area contributed by atoms with Gasteiger partial charge in [-0.3, -0.25) is 9.59 Å². The van der Waals surface area contributed by atoms with Gasteiger partial charge in [0.1, 0.15) is 30.5 Å². The van der Waals surface area contributed by atoms with Crippen LogP contribution < -0.4 is 0 Å². The number of fused-ring (bicyclic) bond motifs is 7. The molecule has 0 aromatic heterocycles. The van der Waals surface area contributed by atoms with Crippen LogP contribution in [0.4, 0.5) is 0 Å². The topological polar surface area (TPSA) is 194 Å². The van der Waals surface area contributed by atoms with Crippen LogP contribution in [0.2, 0.25) is 0 Å². The Morgan fingerprint density at radius 2 is 1.62 bits per heavy atom. The number of Topliss-reactive ketones (excluding diaryl/α,β-unsaturated/α-hetero) is 1. The van der Waals surface area contributed by atoms with Crippen LogP contribution >= 0.6 is 0 Å². The minimum atomic E-state index is -1.73. The third-order valence-corrected chi connectivity index (χ3v) is 15.4. The maximum atomic E-state index is 14.5. The second-order valence-corrected chi connectivity index (χ2v) is 17.4. The molecule has 5 fully saturated rings. The van der Waals surface area contributed by atoms with E-state index in [1.807, 2.05) is 13.8 Å². The van der Waals surface area contributed by atoms with Crippen molar-refractivity contribution in [2.75, 3.05) is 13.2 Å². The molecule has 0 aromatic rings. The van der Waals surface area contributed by atoms with Crippen LogP contribution in [0.25, 0.3) is 0 Å². The van der Waals surface area contributed by atoms with Crippen molar-refractivity contribution in [1.82, 2.24) is 0 Å². The largest absolute Gasteiger partial charge is 0.432 e. The number of aliphatic hydroxyl groups excluding tert-OH is 6. The second-order valence-electron chi connectivity index (χ2n) is 17.4. The zero-order chi connectivity index (χ0) is 34.7. The van der Waals surface area contributed by atoms with Crippen LogP contribution in [-0.2, 0) is 19.1 Å². The maximum absolute atomic E-state index is 14.5. The fourth-order valence-electron chi connectivity index (χ4n) is 12.2. The number of esters is 1. The zero-order valence-corrected chi connectivity index (χ0v) is 28.7. The van der Waals surface area contributed by atoms with Crippen LogP contribution in [0.1, 0.15) is 92.9 Å². The van der Waals surface area contributed by atoms with Crippen molar-refractivity contribution in [3.8, 4) is 0 Å². The highest BCUT2D eigenvalue weighted by molar-refractivity contribution is 5.85. The minimum Gasteiger partial charge on any atom is -0.432 e. The highest BCUT2D eigenvalue weighted by Crippen LogP contribution is 2.76. The number of carbonyl (C=O) groups excluding carboxylic acids is 2. The molecule has 1 saturated heterocycles. The lowest BCUT2D eigenvalue weighted by Crippen LogP contribution is -2.69. The number of hydrogen-bond donors (Lipinski definition) is 7. The summed E-state index contributed by atoms with van der Waals surface area (Å²) in [7, 11) is 0. The van der Waals surface area contributed by atoms with Crippen molar-refractivity contribution in [2.24, 2.45) is 50.7 Å². The number of allylic oxidation sites excluding steroid dienone is 1. The highest BCUT2D eigenvalue weighted by Gasteiger charge is 2.72. The molecule has 0 amide bonds. The normalized spacial score (nSPS) is 55.9. The van der Waals surface area contributed by atoms with Crippen molar-refractivity contribution < 1.29 is 54.8 Å². The molecule has 1 heterocycles. The van der Waals surface area contributed by atoms with E-state index in [1.165, 1.54) is 0 Å². The summed E-state index contributed by atoms with van der Waals surface area (Å²) in [5, 5.41) is 74.9. The lowest BCUT2D eigenvalue weighted by Gasteiger charge is -2.71. The first kappa shape index (κ1) is 35.4. The van der Waals surface area contributed by atoms with Crippen molar-refractivity contribution >= 4 is 11.8 Å². The quantitative estimate of drug-likeness (QED) is 0.171. The van der Waals surface area contributed by atoms with E-state index in [4.69, 9.17) is 9.47 Å². The van der Waals surface area contributed by atoms with Crippen molar-refractivity contribution in [3.05, 3.63) is 11.6 Å². The maximum Gasteiger partial charge on any atom is 0.315 e. The Morgan fingerprint density at radius 3 is 2.26 bits per heavy atom. The summed E-state index contributed by atoms with van der Waals surface area (Å²) in [6.45, 7) is 11.4. The van der Waals surface area contributed by atoms with Gasteiger partial charge in [-0.15, -0.1) is 0 Å². The third kappa shape index (κ3) is 4.52. The molecule has 1 aliphatic heterocycles. The fraction of sp³-hybridized carbons (Fsp3) is 0.889. The average molecular weight is 665 g/mol. The van der Waals surface area contributed by atoms with Crippen LogP contribution in [0.5, 0.6) is 0 Å². The molecule has 47 heavy (non-hydrogen) atoms. The van der Waals surface area contributed by atoms with E-state index < -0.39 is 82.6 Å². The summed E-state index contributed by atoms with van der Waals surface area (Å²) >= 11 is 0. The third-order valence-electron chi connectivity index (χ3n) is 15.4. The molecule has 0 aromatic carbocycles. The molecular formula is C36H56O11. The van der Waals surface area contributed by atoms with Gasteiger partial charge in [0.15, 0.2) is 5.78 Å². The van der Waals surface area contributed by atoms with Gasteiger partial charge < -0.3 is 45.2 Å². The molecule has 4 saturated carbocycles. The minimum absolute atomic E-state index is 0.0571. The van der Waals surface area contributed by atoms with E-state index in [1.54, 1.807) is 6.92 Å². The summed E-state index contributed by atoms with van der Waals surface area (Å²) in [6.07, 6.45) is -2.42. The van der Waals surface area contributed by atoms with Crippen LogP contribution in [0.15, 0.2) is 11.6 Å². The number of carbonyl (C=O) groups is 2. The molecule has 11 heteroatoms. The van der Waals surface area contributed by atoms with Gasteiger partial charge in [-0.05, 0) is 85.9 Å². The number of hydrogen-bond acceptors (Lipinski definition) is 11. The van der Waals surface area contributed by atoms with Crippen LogP contribution in [-0.4, -0.2) is 103 Å². The standard InChI is InChI=1S/C36H56O11/c1-18-9-12-36(30(44)47-29-26(42)25(41)24(40)21(16-37)46-29)14-13-33(4)19(27(36)35(18,6)45)7-8-23-31(2)15-20(39)28(43)32(3,17-38)22(31)10-11-34(23,33)5/h7,18,21-29,37-38,40-43,45H,8-17H2,1-6H3/t18-,21-,22-,23+,24-,25+,26-,27-,28+,29+,31+,32+,33-,34-,35-,36+/m1/s1. The van der Waals surface area contributed by atoms with Gasteiger partial charge in [0, 0.05) is 17.8 Å². The Labute approximate surface area is 277 Å². The van der Waals surface area contributed by atoms with E-state index in [0.29, 0.717) is 32.1 Å². The van der Waals surface area contributed by atoms with E-state index >= 15 is 0 Å². The first-order chi connectivity index (χ1) is 21.8. The molecule has 5 aliphatic carbocycles. The first-order valence-electron chi connectivity index (χ1n) is 17.6. The van der Waals surface area contributed by atoms with E-state index in [0.717, 1.165) is 18.4 Å². The number of rotatable bonds is 4. The van der Waals surface area contributed by atoms with Gasteiger partial charge >= 0.3 is 5.97 Å². The predicted molar refractivity (Wildman–Crippen MR) is 168 cm³/mol. The summed E-state index contributed by atoms with van der Waals surface area (Å²) in [5.74, 6) is -1.62. The highest BCUT2D eigenvalue weighted by atomic mass is 16.7. The Bertz CT molecular complexity index is 1310. The molecule has 16 atom stereocenters. The number of ketones is 1. The monoisotopic (exact) mass is 664 g/mol. The van der Waals surface area contributed by atoms with Gasteiger partial charge in [-0.25, -0.2) is 0 Å². The van der Waals surface area contributed by atoms with Gasteiger partial charge in [-0.1, -0.05) is 46.3 Å². The SMILES string of the molecule is C[C@@H]1CC[C@]2(C(=O)O[C@@H]3O[C@H](CO)[C@@H](O)[C@H](O)[C@H]3O)CC[C@]3(C)C(=CC[C@H]4[C@@]5(C)CC(=O)[C@H](O)[C@@](C)(CO)[C@@H]5CC[C@]43C)[C@@H]2[C@]1(C)O. The Kier molecular flexibility index (Phi) is 8.50. The molecule has 0 radical (unpaired) electrons. The summed E-state index contributed by atoms with van der Waals surface area (Å²) < 4.78 is 11.4. The lowest BCUT2D eigenvalue weighted by atomic mass is 9.33.